The van der Waals surface area contributed by atoms with Gasteiger partial charge in [-0.1, -0.05) is 42.5 Å². The third kappa shape index (κ3) is 4.46. The SMILES string of the molecule is COc1cccc(CN(C)C(C(=O)N2CCOCC2)c2ccccc2)c1OC. The van der Waals surface area contributed by atoms with Gasteiger partial charge in [-0.2, -0.15) is 0 Å². The molecule has 1 aliphatic heterocycles. The fourth-order valence-corrected chi connectivity index (χ4v) is 3.62. The maximum absolute atomic E-state index is 13.4. The predicted octanol–water partition coefficient (Wildman–Crippen LogP) is 2.74. The lowest BCUT2D eigenvalue weighted by molar-refractivity contribution is -0.141. The Kier molecular flexibility index (Phi) is 6.90. The van der Waals surface area contributed by atoms with Crippen LogP contribution in [0.3, 0.4) is 0 Å². The first-order valence-electron chi connectivity index (χ1n) is 9.47. The van der Waals surface area contributed by atoms with E-state index in [0.717, 1.165) is 11.1 Å². The fourth-order valence-electron chi connectivity index (χ4n) is 3.62. The molecule has 1 heterocycles. The van der Waals surface area contributed by atoms with Gasteiger partial charge in [-0.3, -0.25) is 9.69 Å². The summed E-state index contributed by atoms with van der Waals surface area (Å²) < 4.78 is 16.4. The van der Waals surface area contributed by atoms with Crippen molar-refractivity contribution in [1.29, 1.82) is 0 Å². The van der Waals surface area contributed by atoms with Crippen molar-refractivity contribution in [2.75, 3.05) is 47.6 Å². The van der Waals surface area contributed by atoms with E-state index in [9.17, 15) is 4.79 Å². The molecule has 0 aromatic heterocycles. The Bertz CT molecular complexity index is 775. The van der Waals surface area contributed by atoms with Crippen molar-refractivity contribution in [3.05, 3.63) is 59.7 Å². The molecule has 1 aliphatic rings. The van der Waals surface area contributed by atoms with Crippen molar-refractivity contribution >= 4 is 5.91 Å². The highest BCUT2D eigenvalue weighted by Gasteiger charge is 2.31. The van der Waals surface area contributed by atoms with Gasteiger partial charge in [0.1, 0.15) is 6.04 Å². The van der Waals surface area contributed by atoms with Crippen molar-refractivity contribution in [2.45, 2.75) is 12.6 Å². The zero-order valence-electron chi connectivity index (χ0n) is 16.8. The number of rotatable bonds is 7. The van der Waals surface area contributed by atoms with E-state index in [0.29, 0.717) is 44.3 Å². The minimum Gasteiger partial charge on any atom is -0.493 e. The van der Waals surface area contributed by atoms with E-state index in [-0.39, 0.29) is 11.9 Å². The zero-order chi connectivity index (χ0) is 19.9. The monoisotopic (exact) mass is 384 g/mol. The summed E-state index contributed by atoms with van der Waals surface area (Å²) in [6.45, 7) is 2.97. The van der Waals surface area contributed by atoms with Crippen LogP contribution >= 0.6 is 0 Å². The number of methoxy groups -OCH3 is 2. The fraction of sp³-hybridized carbons (Fsp3) is 0.409. The molecule has 0 saturated carbocycles. The molecule has 1 atom stereocenters. The number of likely N-dealkylation sites (N-methyl/N-ethyl adjacent to an activating group) is 1. The molecule has 28 heavy (non-hydrogen) atoms. The van der Waals surface area contributed by atoms with Crippen molar-refractivity contribution in [3.8, 4) is 11.5 Å². The molecule has 1 amide bonds. The standard InChI is InChI=1S/C22H28N2O4/c1-23(16-18-10-7-11-19(26-2)21(18)27-3)20(17-8-5-4-6-9-17)22(25)24-12-14-28-15-13-24/h4-11,20H,12-16H2,1-3H3. The summed E-state index contributed by atoms with van der Waals surface area (Å²) in [6.07, 6.45) is 0. The molecule has 1 unspecified atom stereocenters. The van der Waals surface area contributed by atoms with Gasteiger partial charge in [0, 0.05) is 25.2 Å². The lowest BCUT2D eigenvalue weighted by Gasteiger charge is -2.35. The Morgan fingerprint density at radius 3 is 2.43 bits per heavy atom. The molecule has 3 rings (SSSR count). The van der Waals surface area contributed by atoms with Gasteiger partial charge in [-0.05, 0) is 18.7 Å². The van der Waals surface area contributed by atoms with Gasteiger partial charge in [0.25, 0.3) is 0 Å². The minimum absolute atomic E-state index is 0.0962. The molecule has 6 heteroatoms. The maximum atomic E-state index is 13.4. The number of nitrogens with zero attached hydrogens (tertiary/aromatic N) is 2. The van der Waals surface area contributed by atoms with Crippen LogP contribution in [0.15, 0.2) is 48.5 Å². The Labute approximate surface area is 166 Å². The van der Waals surface area contributed by atoms with Crippen LogP contribution in [0.25, 0.3) is 0 Å². The van der Waals surface area contributed by atoms with Crippen LogP contribution in [0.5, 0.6) is 11.5 Å². The number of para-hydroxylation sites is 1. The van der Waals surface area contributed by atoms with Crippen LogP contribution in [-0.4, -0.2) is 63.3 Å². The average Bonchev–Trinajstić information content (AvgIpc) is 2.75. The van der Waals surface area contributed by atoms with E-state index in [1.807, 2.05) is 60.5 Å². The lowest BCUT2D eigenvalue weighted by atomic mass is 10.0. The van der Waals surface area contributed by atoms with Gasteiger partial charge in [0.15, 0.2) is 11.5 Å². The molecule has 0 bridgehead atoms. The van der Waals surface area contributed by atoms with Crippen LogP contribution in [0.2, 0.25) is 0 Å². The van der Waals surface area contributed by atoms with Crippen LogP contribution in [0, 0.1) is 0 Å². The molecule has 150 valence electrons. The van der Waals surface area contributed by atoms with E-state index < -0.39 is 0 Å². The molecule has 6 nitrogen and oxygen atoms in total. The number of hydrogen-bond acceptors (Lipinski definition) is 5. The van der Waals surface area contributed by atoms with E-state index in [1.165, 1.54) is 0 Å². The van der Waals surface area contributed by atoms with Gasteiger partial charge < -0.3 is 19.1 Å². The Morgan fingerprint density at radius 1 is 1.07 bits per heavy atom. The summed E-state index contributed by atoms with van der Waals surface area (Å²) in [5.41, 5.74) is 1.95. The lowest BCUT2D eigenvalue weighted by Crippen LogP contribution is -2.46. The summed E-state index contributed by atoms with van der Waals surface area (Å²) in [5, 5.41) is 0. The zero-order valence-corrected chi connectivity index (χ0v) is 16.8. The van der Waals surface area contributed by atoms with Crippen molar-refractivity contribution in [1.82, 2.24) is 9.80 Å². The molecule has 0 spiro atoms. The number of hydrogen-bond donors (Lipinski definition) is 0. The number of amides is 1. The molecule has 0 radical (unpaired) electrons. The normalized spacial score (nSPS) is 15.4. The minimum atomic E-state index is -0.379. The number of carbonyl (C=O) groups excluding carboxylic acids is 1. The number of benzene rings is 2. The summed E-state index contributed by atoms with van der Waals surface area (Å²) in [7, 11) is 5.23. The molecular weight excluding hydrogens is 356 g/mol. The molecule has 2 aromatic rings. The smallest absolute Gasteiger partial charge is 0.244 e. The second kappa shape index (κ2) is 9.57. The summed E-state index contributed by atoms with van der Waals surface area (Å²) in [4.78, 5) is 17.3. The van der Waals surface area contributed by atoms with Crippen LogP contribution < -0.4 is 9.47 Å². The molecule has 1 fully saturated rings. The highest BCUT2D eigenvalue weighted by atomic mass is 16.5. The molecule has 1 saturated heterocycles. The summed E-state index contributed by atoms with van der Waals surface area (Å²) in [5.74, 6) is 1.48. The highest BCUT2D eigenvalue weighted by molar-refractivity contribution is 5.83. The van der Waals surface area contributed by atoms with E-state index in [1.54, 1.807) is 14.2 Å². The van der Waals surface area contributed by atoms with E-state index >= 15 is 0 Å². The second-order valence-corrected chi connectivity index (χ2v) is 6.82. The Balaban J connectivity index is 1.89. The van der Waals surface area contributed by atoms with Gasteiger partial charge in [-0.25, -0.2) is 0 Å². The van der Waals surface area contributed by atoms with Crippen LogP contribution in [0.4, 0.5) is 0 Å². The Hall–Kier alpha value is -2.57. The van der Waals surface area contributed by atoms with Crippen LogP contribution in [-0.2, 0) is 16.1 Å². The van der Waals surface area contributed by atoms with Crippen molar-refractivity contribution in [2.24, 2.45) is 0 Å². The summed E-state index contributed by atoms with van der Waals surface area (Å²) >= 11 is 0. The summed E-state index contributed by atoms with van der Waals surface area (Å²) in [6, 6.07) is 15.3. The molecule has 0 N–H and O–H groups in total. The number of ether oxygens (including phenoxy) is 3. The maximum Gasteiger partial charge on any atom is 0.244 e. The average molecular weight is 384 g/mol. The van der Waals surface area contributed by atoms with Crippen molar-refractivity contribution in [3.63, 3.8) is 0 Å². The van der Waals surface area contributed by atoms with E-state index in [2.05, 4.69) is 4.90 Å². The first-order chi connectivity index (χ1) is 13.7. The second-order valence-electron chi connectivity index (χ2n) is 6.82. The number of morpholine rings is 1. The van der Waals surface area contributed by atoms with Gasteiger partial charge in [0.05, 0.1) is 27.4 Å². The third-order valence-electron chi connectivity index (χ3n) is 5.02. The van der Waals surface area contributed by atoms with Gasteiger partial charge >= 0.3 is 0 Å². The molecular formula is C22H28N2O4. The largest absolute Gasteiger partial charge is 0.493 e. The van der Waals surface area contributed by atoms with Crippen LogP contribution in [0.1, 0.15) is 17.2 Å². The van der Waals surface area contributed by atoms with Gasteiger partial charge in [0.2, 0.25) is 5.91 Å². The highest BCUT2D eigenvalue weighted by Crippen LogP contribution is 2.33. The quantitative estimate of drug-likeness (QED) is 0.735. The third-order valence-corrected chi connectivity index (χ3v) is 5.02. The molecule has 2 aromatic carbocycles. The number of carbonyl (C=O) groups is 1. The first kappa shape index (κ1) is 20.2. The van der Waals surface area contributed by atoms with Crippen molar-refractivity contribution < 1.29 is 19.0 Å². The van der Waals surface area contributed by atoms with Gasteiger partial charge in [-0.15, -0.1) is 0 Å². The topological polar surface area (TPSA) is 51.2 Å². The first-order valence-corrected chi connectivity index (χ1v) is 9.47. The molecule has 0 aliphatic carbocycles. The Morgan fingerprint density at radius 2 is 1.79 bits per heavy atom. The van der Waals surface area contributed by atoms with E-state index in [4.69, 9.17) is 14.2 Å². The predicted molar refractivity (Wildman–Crippen MR) is 108 cm³/mol.